The quantitative estimate of drug-likeness (QED) is 0.185. The summed E-state index contributed by atoms with van der Waals surface area (Å²) >= 11 is 0. The Morgan fingerprint density at radius 3 is 0.635 bits per heavy atom. The summed E-state index contributed by atoms with van der Waals surface area (Å²) in [6, 6.07) is 43.6. The second-order valence-corrected chi connectivity index (χ2v) is 13.2. The van der Waals surface area contributed by atoms with Crippen molar-refractivity contribution in [2.45, 2.75) is 0 Å². The highest BCUT2D eigenvalue weighted by Crippen LogP contribution is 2.40. The smallest absolute Gasteiger partial charge is 0.519 e. The lowest BCUT2D eigenvalue weighted by Crippen LogP contribution is -2.47. The Hall–Kier alpha value is -6.54. The van der Waals surface area contributed by atoms with Crippen LogP contribution in [-0.4, -0.2) is 28.5 Å². The van der Waals surface area contributed by atoms with Crippen LogP contribution in [0.5, 0.6) is 46.0 Å². The third kappa shape index (κ3) is 4.03. The number of rotatable bonds is 4. The zero-order chi connectivity index (χ0) is 33.9. The average Bonchev–Trinajstić information content (AvgIpc) is 4.00. The predicted octanol–water partition coefficient (Wildman–Crippen LogP) is 5.25. The van der Waals surface area contributed by atoms with Gasteiger partial charge in [0.2, 0.25) is 0 Å². The normalized spacial score (nSPS) is 14.8. The van der Waals surface area contributed by atoms with Gasteiger partial charge in [-0.15, -0.1) is 0 Å². The fraction of sp³-hybridized carbons (Fsp3) is 0. The molecule has 8 aromatic carbocycles. The van der Waals surface area contributed by atoms with E-state index in [1.807, 2.05) is 97.1 Å². The van der Waals surface area contributed by atoms with Crippen LogP contribution in [0.2, 0.25) is 0 Å². The maximum Gasteiger partial charge on any atom is 0.633 e. The third-order valence-corrected chi connectivity index (χ3v) is 10.3. The first-order valence-corrected chi connectivity index (χ1v) is 17.2. The van der Waals surface area contributed by atoms with Gasteiger partial charge in [-0.05, 0) is 80.8 Å². The van der Waals surface area contributed by atoms with Crippen LogP contribution in [0.3, 0.4) is 0 Å². The first-order chi connectivity index (χ1) is 25.7. The number of hydrogen-bond donors (Lipinski definition) is 0. The zero-order valence-corrected chi connectivity index (χ0v) is 27.3. The van der Waals surface area contributed by atoms with Gasteiger partial charge in [0, 0.05) is 21.9 Å². The molecule has 0 spiro atoms. The van der Waals surface area contributed by atoms with Gasteiger partial charge in [-0.2, -0.15) is 0 Å². The van der Waals surface area contributed by atoms with Gasteiger partial charge in [0.15, 0.2) is 0 Å². The highest BCUT2D eigenvalue weighted by Gasteiger charge is 2.44. The van der Waals surface area contributed by atoms with Crippen molar-refractivity contribution >= 4 is 82.6 Å². The van der Waals surface area contributed by atoms with Crippen LogP contribution in [0.25, 0.3) is 32.3 Å². The van der Waals surface area contributed by atoms with Crippen molar-refractivity contribution in [2.75, 3.05) is 0 Å². The van der Waals surface area contributed by atoms with E-state index in [9.17, 15) is 0 Å². The van der Waals surface area contributed by atoms with E-state index in [-0.39, 0.29) is 0 Å². The van der Waals surface area contributed by atoms with Crippen LogP contribution < -0.4 is 59.1 Å². The van der Waals surface area contributed by atoms with Crippen LogP contribution in [-0.2, 0) is 0 Å². The molecule has 0 aromatic heterocycles. The Kier molecular flexibility index (Phi) is 5.69. The maximum absolute atomic E-state index is 6.46. The highest BCUT2D eigenvalue weighted by atomic mass is 16.6. The topological polar surface area (TPSA) is 73.8 Å². The monoisotopic (exact) mass is 674 g/mol. The van der Waals surface area contributed by atoms with Gasteiger partial charge in [-0.3, -0.25) is 0 Å². The third-order valence-electron chi connectivity index (χ3n) is 10.3. The molecule has 0 saturated carbocycles. The van der Waals surface area contributed by atoms with Crippen molar-refractivity contribution in [3.8, 4) is 46.0 Å². The molecule has 12 heteroatoms. The van der Waals surface area contributed by atoms with Gasteiger partial charge in [-0.25, -0.2) is 0 Å². The van der Waals surface area contributed by atoms with Crippen LogP contribution in [0.4, 0.5) is 0 Å². The van der Waals surface area contributed by atoms with E-state index in [1.54, 1.807) is 0 Å². The van der Waals surface area contributed by atoms with Gasteiger partial charge in [0.25, 0.3) is 0 Å². The Labute approximate surface area is 298 Å². The van der Waals surface area contributed by atoms with E-state index < -0.39 is 28.5 Å². The maximum atomic E-state index is 6.46. The summed E-state index contributed by atoms with van der Waals surface area (Å²) in [6.07, 6.45) is 0. The molecule has 0 bridgehead atoms. The van der Waals surface area contributed by atoms with Crippen molar-refractivity contribution in [3.63, 3.8) is 0 Å². The first-order valence-electron chi connectivity index (χ1n) is 17.2. The van der Waals surface area contributed by atoms with Crippen molar-refractivity contribution in [1.82, 2.24) is 0 Å². The standard InChI is InChI=1S/C40H22B4O8/c1-2-10-32-31(9-1)45-41(46-32)27-21-28(42-47-33-11-3-4-12-34(33)48-42)24-19-20-26-30(44-51-37-15-7-8-16-38(37)52-44)22-29(25-18-17-23(27)39(24)40(25)26)43-49-35-13-5-6-14-36(35)50-43/h1-22H. The summed E-state index contributed by atoms with van der Waals surface area (Å²) in [7, 11) is -2.79. The molecule has 0 N–H and O–H groups in total. The molecule has 0 aliphatic carbocycles. The summed E-state index contributed by atoms with van der Waals surface area (Å²) < 4.78 is 51.7. The molecule has 242 valence electrons. The lowest BCUT2D eigenvalue weighted by atomic mass is 9.64. The summed E-state index contributed by atoms with van der Waals surface area (Å²) in [4.78, 5) is 0. The van der Waals surface area contributed by atoms with E-state index in [0.29, 0.717) is 46.0 Å². The number of hydrogen-bond acceptors (Lipinski definition) is 8. The molecule has 0 atom stereocenters. The van der Waals surface area contributed by atoms with E-state index >= 15 is 0 Å². The summed E-state index contributed by atoms with van der Waals surface area (Å²) in [5, 5.41) is 5.90. The predicted molar refractivity (Wildman–Crippen MR) is 202 cm³/mol. The largest absolute Gasteiger partial charge is 0.633 e. The van der Waals surface area contributed by atoms with Crippen LogP contribution in [0, 0.1) is 0 Å². The lowest BCUT2D eigenvalue weighted by Gasteiger charge is -2.22. The van der Waals surface area contributed by atoms with Gasteiger partial charge in [-0.1, -0.05) is 84.9 Å². The van der Waals surface area contributed by atoms with Crippen molar-refractivity contribution in [2.24, 2.45) is 0 Å². The molecular formula is C40H22B4O8. The van der Waals surface area contributed by atoms with E-state index in [0.717, 1.165) is 54.2 Å². The second kappa shape index (κ2) is 10.5. The molecule has 0 saturated heterocycles. The van der Waals surface area contributed by atoms with Crippen molar-refractivity contribution < 1.29 is 37.2 Å². The Morgan fingerprint density at radius 1 is 0.250 bits per heavy atom. The summed E-state index contributed by atoms with van der Waals surface area (Å²) in [5.74, 6) is 5.52. The molecule has 0 amide bonds. The molecule has 4 aliphatic rings. The molecular weight excluding hydrogens is 652 g/mol. The molecule has 0 unspecified atom stereocenters. The fourth-order valence-corrected chi connectivity index (χ4v) is 7.99. The number of para-hydroxylation sites is 8. The highest BCUT2D eigenvalue weighted by molar-refractivity contribution is 6.74. The fourth-order valence-electron chi connectivity index (χ4n) is 7.99. The Morgan fingerprint density at radius 2 is 0.442 bits per heavy atom. The van der Waals surface area contributed by atoms with Crippen LogP contribution in [0.15, 0.2) is 133 Å². The Balaban J connectivity index is 1.12. The van der Waals surface area contributed by atoms with E-state index in [4.69, 9.17) is 37.2 Å². The SMILES string of the molecule is c1ccc2c(c1)OB(c1cc(B3Oc4ccccc4O3)c3ccc4c(B5Oc6ccccc6O5)cc(B5Oc6ccccc6O5)c5ccc1c3c54)O2. The van der Waals surface area contributed by atoms with Crippen LogP contribution >= 0.6 is 0 Å². The number of fused-ring (bicyclic) bond motifs is 4. The molecule has 52 heavy (non-hydrogen) atoms. The van der Waals surface area contributed by atoms with E-state index in [1.165, 1.54) is 0 Å². The lowest BCUT2D eigenvalue weighted by molar-refractivity contribution is 0.516. The summed E-state index contributed by atoms with van der Waals surface area (Å²) in [5.41, 5.74) is 3.41. The minimum atomic E-state index is -0.699. The molecule has 12 rings (SSSR count). The number of benzene rings is 8. The zero-order valence-electron chi connectivity index (χ0n) is 27.3. The van der Waals surface area contributed by atoms with E-state index in [2.05, 4.69) is 36.4 Å². The van der Waals surface area contributed by atoms with Gasteiger partial charge < -0.3 is 37.2 Å². The van der Waals surface area contributed by atoms with Gasteiger partial charge >= 0.3 is 28.5 Å². The Bertz CT molecular complexity index is 2310. The molecule has 8 nitrogen and oxygen atoms in total. The van der Waals surface area contributed by atoms with Crippen molar-refractivity contribution in [1.29, 1.82) is 0 Å². The average molecular weight is 674 g/mol. The first kappa shape index (κ1) is 28.2. The van der Waals surface area contributed by atoms with Crippen LogP contribution in [0.1, 0.15) is 0 Å². The molecule has 0 fully saturated rings. The molecule has 0 radical (unpaired) electrons. The molecule has 4 aliphatic heterocycles. The molecule has 8 aromatic rings. The molecule has 4 heterocycles. The summed E-state index contributed by atoms with van der Waals surface area (Å²) in [6.45, 7) is 0. The minimum absolute atomic E-state index is 0.690. The minimum Gasteiger partial charge on any atom is -0.519 e. The second-order valence-electron chi connectivity index (χ2n) is 13.2. The van der Waals surface area contributed by atoms with Crippen molar-refractivity contribution in [3.05, 3.63) is 133 Å². The van der Waals surface area contributed by atoms with Gasteiger partial charge in [0.05, 0.1) is 0 Å². The van der Waals surface area contributed by atoms with Gasteiger partial charge in [0.1, 0.15) is 46.0 Å².